The molecule has 0 N–H and O–H groups in total. The van der Waals surface area contributed by atoms with Crippen LogP contribution in [0.4, 0.5) is 0 Å². The van der Waals surface area contributed by atoms with Crippen molar-refractivity contribution in [3.05, 3.63) is 47.0 Å². The first-order valence-corrected chi connectivity index (χ1v) is 8.32. The van der Waals surface area contributed by atoms with Gasteiger partial charge in [-0.05, 0) is 44.9 Å². The van der Waals surface area contributed by atoms with Crippen molar-refractivity contribution >= 4 is 21.7 Å². The smallest absolute Gasteiger partial charge is 0.164 e. The number of ketones is 1. The number of carbonyl (C=O) groups is 1. The molecule has 1 aromatic carbocycles. The zero-order valence-corrected chi connectivity index (χ0v) is 15.0. The standard InChI is InChI=1S/C18H23BrO3/c1-5-14(20)10-11-18(4)16(21-17(2,3)22-18)12-13-8-6-7-9-15(13)19/h5-9,16H,1,10-12H2,2-4H3/t16-,18-/m0/s1. The molecule has 0 aliphatic carbocycles. The normalized spacial score (nSPS) is 26.8. The van der Waals surface area contributed by atoms with Crippen LogP contribution in [0.2, 0.25) is 0 Å². The van der Waals surface area contributed by atoms with E-state index in [4.69, 9.17) is 9.47 Å². The highest BCUT2D eigenvalue weighted by Gasteiger charge is 2.49. The highest BCUT2D eigenvalue weighted by Crippen LogP contribution is 2.41. The van der Waals surface area contributed by atoms with Crippen molar-refractivity contribution in [2.75, 3.05) is 0 Å². The first-order valence-electron chi connectivity index (χ1n) is 7.52. The van der Waals surface area contributed by atoms with E-state index < -0.39 is 11.4 Å². The van der Waals surface area contributed by atoms with Gasteiger partial charge in [0.15, 0.2) is 11.6 Å². The summed E-state index contributed by atoms with van der Waals surface area (Å²) in [5.74, 6) is -0.605. The van der Waals surface area contributed by atoms with Crippen molar-refractivity contribution in [1.29, 1.82) is 0 Å². The molecule has 0 spiro atoms. The second kappa shape index (κ2) is 6.65. The largest absolute Gasteiger partial charge is 0.344 e. The van der Waals surface area contributed by atoms with Crippen LogP contribution in [0, 0.1) is 0 Å². The molecule has 1 heterocycles. The van der Waals surface area contributed by atoms with E-state index in [0.717, 1.165) is 10.9 Å². The van der Waals surface area contributed by atoms with Gasteiger partial charge in [-0.25, -0.2) is 0 Å². The summed E-state index contributed by atoms with van der Waals surface area (Å²) in [4.78, 5) is 11.6. The maximum absolute atomic E-state index is 11.6. The van der Waals surface area contributed by atoms with Crippen molar-refractivity contribution in [2.45, 2.75) is 57.5 Å². The molecule has 1 aliphatic heterocycles. The number of rotatable bonds is 6. The summed E-state index contributed by atoms with van der Waals surface area (Å²) in [6, 6.07) is 8.11. The Kier molecular flexibility index (Phi) is 5.25. The summed E-state index contributed by atoms with van der Waals surface area (Å²) in [5, 5.41) is 0. The molecular weight excluding hydrogens is 344 g/mol. The lowest BCUT2D eigenvalue weighted by Gasteiger charge is -2.29. The SMILES string of the molecule is C=CC(=O)CC[C@]1(C)OC(C)(C)O[C@H]1Cc1ccccc1Br. The average molecular weight is 367 g/mol. The van der Waals surface area contributed by atoms with Gasteiger partial charge in [0.25, 0.3) is 0 Å². The molecule has 1 aliphatic rings. The van der Waals surface area contributed by atoms with Gasteiger partial charge in [-0.1, -0.05) is 40.7 Å². The van der Waals surface area contributed by atoms with E-state index in [0.29, 0.717) is 12.8 Å². The molecule has 0 bridgehead atoms. The lowest BCUT2D eigenvalue weighted by molar-refractivity contribution is -0.161. The summed E-state index contributed by atoms with van der Waals surface area (Å²) in [5.41, 5.74) is 0.687. The second-order valence-electron chi connectivity index (χ2n) is 6.39. The Morgan fingerprint density at radius 3 is 2.68 bits per heavy atom. The third kappa shape index (κ3) is 4.06. The van der Waals surface area contributed by atoms with Crippen LogP contribution in [0.3, 0.4) is 0 Å². The van der Waals surface area contributed by atoms with E-state index in [1.807, 2.05) is 39.0 Å². The number of halogens is 1. The van der Waals surface area contributed by atoms with E-state index in [9.17, 15) is 4.79 Å². The summed E-state index contributed by atoms with van der Waals surface area (Å²) in [7, 11) is 0. The highest BCUT2D eigenvalue weighted by atomic mass is 79.9. The van der Waals surface area contributed by atoms with Gasteiger partial charge < -0.3 is 9.47 Å². The van der Waals surface area contributed by atoms with E-state index >= 15 is 0 Å². The number of benzene rings is 1. The lowest BCUT2D eigenvalue weighted by Crippen LogP contribution is -2.38. The second-order valence-corrected chi connectivity index (χ2v) is 7.24. The Balaban J connectivity index is 2.17. The predicted molar refractivity (Wildman–Crippen MR) is 90.7 cm³/mol. The van der Waals surface area contributed by atoms with Crippen molar-refractivity contribution in [1.82, 2.24) is 0 Å². The minimum absolute atomic E-state index is 0.0363. The Morgan fingerprint density at radius 1 is 1.36 bits per heavy atom. The molecule has 1 aromatic rings. The van der Waals surface area contributed by atoms with E-state index in [1.54, 1.807) is 0 Å². The quantitative estimate of drug-likeness (QED) is 0.698. The molecule has 4 heteroatoms. The lowest BCUT2D eigenvalue weighted by atomic mass is 9.88. The van der Waals surface area contributed by atoms with Crippen molar-refractivity contribution in [3.8, 4) is 0 Å². The van der Waals surface area contributed by atoms with Crippen LogP contribution in [0.5, 0.6) is 0 Å². The molecule has 0 amide bonds. The van der Waals surface area contributed by atoms with Gasteiger partial charge >= 0.3 is 0 Å². The van der Waals surface area contributed by atoms with Crippen LogP contribution in [0.15, 0.2) is 41.4 Å². The molecule has 120 valence electrons. The summed E-state index contributed by atoms with van der Waals surface area (Å²) in [6.45, 7) is 9.39. The van der Waals surface area contributed by atoms with Crippen molar-refractivity contribution in [2.24, 2.45) is 0 Å². The van der Waals surface area contributed by atoms with Crippen LogP contribution < -0.4 is 0 Å². The minimum atomic E-state index is -0.641. The van der Waals surface area contributed by atoms with Gasteiger partial charge in [0, 0.05) is 17.3 Å². The molecule has 3 nitrogen and oxygen atoms in total. The van der Waals surface area contributed by atoms with Gasteiger partial charge in [0.05, 0.1) is 11.7 Å². The Hall–Kier alpha value is -0.970. The Bertz CT molecular complexity index is 567. The van der Waals surface area contributed by atoms with Gasteiger partial charge in [-0.15, -0.1) is 0 Å². The minimum Gasteiger partial charge on any atom is -0.344 e. The molecule has 0 saturated carbocycles. The highest BCUT2D eigenvalue weighted by molar-refractivity contribution is 9.10. The van der Waals surface area contributed by atoms with Gasteiger partial charge in [-0.2, -0.15) is 0 Å². The van der Waals surface area contributed by atoms with Crippen molar-refractivity contribution in [3.63, 3.8) is 0 Å². The van der Waals surface area contributed by atoms with E-state index in [2.05, 4.69) is 28.6 Å². The molecule has 2 atom stereocenters. The molecule has 2 rings (SSSR count). The fraction of sp³-hybridized carbons (Fsp3) is 0.500. The number of hydrogen-bond donors (Lipinski definition) is 0. The van der Waals surface area contributed by atoms with E-state index in [-0.39, 0.29) is 11.9 Å². The third-order valence-corrected chi connectivity index (χ3v) is 4.82. The molecule has 1 fully saturated rings. The number of hydrogen-bond acceptors (Lipinski definition) is 3. The predicted octanol–water partition coefficient (Wildman–Crippen LogP) is 4.44. The number of allylic oxidation sites excluding steroid dienone is 1. The topological polar surface area (TPSA) is 35.5 Å². The van der Waals surface area contributed by atoms with Crippen LogP contribution in [-0.4, -0.2) is 23.3 Å². The Morgan fingerprint density at radius 2 is 2.05 bits per heavy atom. The zero-order valence-electron chi connectivity index (χ0n) is 13.4. The average Bonchev–Trinajstić information content (AvgIpc) is 2.68. The van der Waals surface area contributed by atoms with Crippen LogP contribution in [0.25, 0.3) is 0 Å². The monoisotopic (exact) mass is 366 g/mol. The summed E-state index contributed by atoms with van der Waals surface area (Å²) in [6.07, 6.45) is 3.05. The molecular formula is C18H23BrO3. The molecule has 0 radical (unpaired) electrons. The first kappa shape index (κ1) is 17.4. The maximum atomic E-state index is 11.6. The van der Waals surface area contributed by atoms with Gasteiger partial charge in [-0.3, -0.25) is 4.79 Å². The fourth-order valence-corrected chi connectivity index (χ4v) is 3.37. The maximum Gasteiger partial charge on any atom is 0.164 e. The van der Waals surface area contributed by atoms with Crippen LogP contribution in [-0.2, 0) is 20.7 Å². The molecule has 1 saturated heterocycles. The van der Waals surface area contributed by atoms with Crippen LogP contribution >= 0.6 is 15.9 Å². The third-order valence-electron chi connectivity index (χ3n) is 4.04. The zero-order chi connectivity index (χ0) is 16.4. The fourth-order valence-electron chi connectivity index (χ4n) is 2.93. The first-order chi connectivity index (χ1) is 10.3. The molecule has 0 aromatic heterocycles. The molecule has 22 heavy (non-hydrogen) atoms. The van der Waals surface area contributed by atoms with Crippen molar-refractivity contribution < 1.29 is 14.3 Å². The van der Waals surface area contributed by atoms with Gasteiger partial charge in [0.1, 0.15) is 0 Å². The summed E-state index contributed by atoms with van der Waals surface area (Å²) >= 11 is 3.58. The number of carbonyl (C=O) groups excluding carboxylic acids is 1. The van der Waals surface area contributed by atoms with E-state index in [1.165, 1.54) is 11.6 Å². The number of ether oxygens (including phenoxy) is 2. The van der Waals surface area contributed by atoms with Gasteiger partial charge in [0.2, 0.25) is 0 Å². The Labute approximate surface area is 140 Å². The summed E-state index contributed by atoms with van der Waals surface area (Å²) < 4.78 is 13.3. The molecule has 0 unspecified atom stereocenters. The van der Waals surface area contributed by atoms with Crippen LogP contribution in [0.1, 0.15) is 39.2 Å².